The van der Waals surface area contributed by atoms with Crippen molar-refractivity contribution in [2.24, 2.45) is 17.6 Å². The van der Waals surface area contributed by atoms with Crippen molar-refractivity contribution < 1.29 is 9.53 Å². The summed E-state index contributed by atoms with van der Waals surface area (Å²) in [7, 11) is 0. The van der Waals surface area contributed by atoms with Gasteiger partial charge in [-0.05, 0) is 38.0 Å². The lowest BCUT2D eigenvalue weighted by Gasteiger charge is -2.27. The van der Waals surface area contributed by atoms with Crippen molar-refractivity contribution in [3.05, 3.63) is 0 Å². The number of ether oxygens (including phenoxy) is 1. The molecule has 5 heteroatoms. The summed E-state index contributed by atoms with van der Waals surface area (Å²) >= 11 is 0. The number of nitrogens with one attached hydrogen (secondary N) is 1. The topological polar surface area (TPSA) is 64.4 Å². The molecule has 2 atom stereocenters. The maximum absolute atomic E-state index is 12.0. The van der Waals surface area contributed by atoms with E-state index in [0.717, 1.165) is 38.4 Å². The summed E-state index contributed by atoms with van der Waals surface area (Å²) in [5, 5.41) is 3.04. The average molecular weight is 277 g/mol. The summed E-state index contributed by atoms with van der Waals surface area (Å²) in [5.74, 6) is 1.14. The van der Waals surface area contributed by atoms with E-state index in [9.17, 15) is 4.79 Å². The Hall–Kier alpha value is -0.320. The first-order valence-electron chi connectivity index (χ1n) is 6.80. The minimum absolute atomic E-state index is 0. The van der Waals surface area contributed by atoms with Gasteiger partial charge in [-0.3, -0.25) is 4.79 Å². The zero-order chi connectivity index (χ0) is 12.3. The number of hydrogen-bond donors (Lipinski definition) is 2. The van der Waals surface area contributed by atoms with Gasteiger partial charge in [0.05, 0.1) is 6.04 Å². The lowest BCUT2D eigenvalue weighted by Crippen LogP contribution is -2.49. The molecule has 1 heterocycles. The molecule has 2 unspecified atom stereocenters. The first-order valence-corrected chi connectivity index (χ1v) is 6.80. The van der Waals surface area contributed by atoms with E-state index < -0.39 is 0 Å². The molecule has 0 aromatic heterocycles. The van der Waals surface area contributed by atoms with Crippen LogP contribution in [0, 0.1) is 11.8 Å². The minimum Gasteiger partial charge on any atom is -0.381 e. The number of carbonyl (C=O) groups excluding carboxylic acids is 1. The third kappa shape index (κ3) is 4.75. The van der Waals surface area contributed by atoms with E-state index in [2.05, 4.69) is 12.2 Å². The third-order valence-electron chi connectivity index (χ3n) is 3.85. The van der Waals surface area contributed by atoms with Crippen LogP contribution in [0.1, 0.15) is 39.0 Å². The molecule has 2 fully saturated rings. The van der Waals surface area contributed by atoms with E-state index in [4.69, 9.17) is 10.5 Å². The standard InChI is InChI=1S/C13H24N2O2.ClH/c1-9(8-10-2-3-10)15-13(16)12(14)11-4-6-17-7-5-11;/h9-12H,2-8,14H2,1H3,(H,15,16);1H. The highest BCUT2D eigenvalue weighted by Gasteiger charge is 2.29. The molecule has 2 rings (SSSR count). The van der Waals surface area contributed by atoms with Crippen LogP contribution in [0.15, 0.2) is 0 Å². The Labute approximate surface area is 115 Å². The average Bonchev–Trinajstić information content (AvgIpc) is 3.12. The van der Waals surface area contributed by atoms with E-state index in [0.29, 0.717) is 0 Å². The SMILES string of the molecule is CC(CC1CC1)NC(=O)C(N)C1CCOCC1.Cl. The molecule has 18 heavy (non-hydrogen) atoms. The first-order chi connectivity index (χ1) is 8.16. The van der Waals surface area contributed by atoms with Crippen molar-refractivity contribution in [3.63, 3.8) is 0 Å². The molecule has 2 aliphatic rings. The van der Waals surface area contributed by atoms with Crippen molar-refractivity contribution in [3.8, 4) is 0 Å². The van der Waals surface area contributed by atoms with Crippen LogP contribution >= 0.6 is 12.4 Å². The molecule has 0 spiro atoms. The first kappa shape index (κ1) is 15.7. The number of carbonyl (C=O) groups is 1. The highest BCUT2D eigenvalue weighted by atomic mass is 35.5. The monoisotopic (exact) mass is 276 g/mol. The molecule has 1 saturated carbocycles. The molecule has 1 aliphatic heterocycles. The number of nitrogens with two attached hydrogens (primary N) is 1. The van der Waals surface area contributed by atoms with Gasteiger partial charge in [0.25, 0.3) is 0 Å². The highest BCUT2D eigenvalue weighted by Crippen LogP contribution is 2.33. The van der Waals surface area contributed by atoms with Gasteiger partial charge in [-0.25, -0.2) is 0 Å². The zero-order valence-corrected chi connectivity index (χ0v) is 11.9. The highest BCUT2D eigenvalue weighted by molar-refractivity contribution is 5.85. The van der Waals surface area contributed by atoms with Gasteiger partial charge in [0.2, 0.25) is 5.91 Å². The fraction of sp³-hybridized carbons (Fsp3) is 0.923. The van der Waals surface area contributed by atoms with Crippen molar-refractivity contribution in [1.82, 2.24) is 5.32 Å². The van der Waals surface area contributed by atoms with E-state index in [-0.39, 0.29) is 36.3 Å². The van der Waals surface area contributed by atoms with Gasteiger partial charge in [0.1, 0.15) is 0 Å². The molecule has 1 aliphatic carbocycles. The van der Waals surface area contributed by atoms with Crippen LogP contribution in [0.25, 0.3) is 0 Å². The molecule has 0 bridgehead atoms. The normalized spacial score (nSPS) is 23.9. The Kier molecular flexibility index (Phi) is 6.39. The van der Waals surface area contributed by atoms with Crippen LogP contribution in [-0.4, -0.2) is 31.2 Å². The Balaban J connectivity index is 0.00000162. The predicted octanol–water partition coefficient (Wildman–Crippen LogP) is 1.47. The maximum atomic E-state index is 12.0. The minimum atomic E-state index is -0.361. The summed E-state index contributed by atoms with van der Waals surface area (Å²) in [6, 6.07) is -0.0959. The molecular weight excluding hydrogens is 252 g/mol. The number of halogens is 1. The Morgan fingerprint density at radius 3 is 2.50 bits per heavy atom. The maximum Gasteiger partial charge on any atom is 0.237 e. The molecule has 0 aromatic rings. The molecule has 0 radical (unpaired) electrons. The van der Waals surface area contributed by atoms with Gasteiger partial charge < -0.3 is 15.8 Å². The van der Waals surface area contributed by atoms with Gasteiger partial charge in [-0.15, -0.1) is 12.4 Å². The smallest absolute Gasteiger partial charge is 0.237 e. The van der Waals surface area contributed by atoms with Crippen LogP contribution < -0.4 is 11.1 Å². The summed E-state index contributed by atoms with van der Waals surface area (Å²) in [4.78, 5) is 12.0. The van der Waals surface area contributed by atoms with Gasteiger partial charge >= 0.3 is 0 Å². The van der Waals surface area contributed by atoms with E-state index >= 15 is 0 Å². The molecule has 4 nitrogen and oxygen atoms in total. The van der Waals surface area contributed by atoms with Crippen molar-refractivity contribution >= 4 is 18.3 Å². The summed E-state index contributed by atoms with van der Waals surface area (Å²) in [6.45, 7) is 3.56. The summed E-state index contributed by atoms with van der Waals surface area (Å²) in [5.41, 5.74) is 6.02. The second-order valence-electron chi connectivity index (χ2n) is 5.56. The lowest BCUT2D eigenvalue weighted by molar-refractivity contribution is -0.125. The molecule has 0 aromatic carbocycles. The fourth-order valence-corrected chi connectivity index (χ4v) is 2.54. The van der Waals surface area contributed by atoms with Crippen molar-refractivity contribution in [2.45, 2.75) is 51.1 Å². The second-order valence-corrected chi connectivity index (χ2v) is 5.56. The van der Waals surface area contributed by atoms with Gasteiger partial charge in [-0.1, -0.05) is 12.8 Å². The van der Waals surface area contributed by atoms with Crippen LogP contribution in [0.2, 0.25) is 0 Å². The Bertz CT molecular complexity index is 266. The van der Waals surface area contributed by atoms with Gasteiger partial charge in [0.15, 0.2) is 0 Å². The third-order valence-corrected chi connectivity index (χ3v) is 3.85. The molecule has 3 N–H and O–H groups in total. The Morgan fingerprint density at radius 1 is 1.33 bits per heavy atom. The van der Waals surface area contributed by atoms with Crippen LogP contribution in [0.3, 0.4) is 0 Å². The van der Waals surface area contributed by atoms with E-state index in [1.54, 1.807) is 0 Å². The van der Waals surface area contributed by atoms with Gasteiger partial charge in [-0.2, -0.15) is 0 Å². The number of hydrogen-bond acceptors (Lipinski definition) is 3. The zero-order valence-electron chi connectivity index (χ0n) is 11.1. The largest absolute Gasteiger partial charge is 0.381 e. The van der Waals surface area contributed by atoms with Gasteiger partial charge in [0, 0.05) is 19.3 Å². The number of amides is 1. The second kappa shape index (κ2) is 7.31. The molecule has 1 saturated heterocycles. The van der Waals surface area contributed by atoms with E-state index in [1.165, 1.54) is 12.8 Å². The summed E-state index contributed by atoms with van der Waals surface area (Å²) in [6.07, 6.45) is 5.57. The van der Waals surface area contributed by atoms with E-state index in [1.807, 2.05) is 0 Å². The summed E-state index contributed by atoms with van der Waals surface area (Å²) < 4.78 is 5.28. The van der Waals surface area contributed by atoms with Crippen molar-refractivity contribution in [1.29, 1.82) is 0 Å². The number of rotatable bonds is 5. The molecule has 106 valence electrons. The predicted molar refractivity (Wildman–Crippen MR) is 73.7 cm³/mol. The van der Waals surface area contributed by atoms with Crippen molar-refractivity contribution in [2.75, 3.05) is 13.2 Å². The quantitative estimate of drug-likeness (QED) is 0.799. The lowest BCUT2D eigenvalue weighted by atomic mass is 9.91. The van der Waals surface area contributed by atoms with Crippen LogP contribution in [0.5, 0.6) is 0 Å². The molecule has 1 amide bonds. The van der Waals surface area contributed by atoms with Crippen LogP contribution in [0.4, 0.5) is 0 Å². The molecular formula is C13H25ClN2O2. The van der Waals surface area contributed by atoms with Crippen LogP contribution in [-0.2, 0) is 9.53 Å². The Morgan fingerprint density at radius 2 is 1.94 bits per heavy atom. The fourth-order valence-electron chi connectivity index (χ4n) is 2.54.